The molecule has 304 valence electrons. The summed E-state index contributed by atoms with van der Waals surface area (Å²) in [7, 11) is 0.635. The summed E-state index contributed by atoms with van der Waals surface area (Å²) < 4.78 is 61.4. The first-order valence-corrected chi connectivity index (χ1v) is 20.2. The quantitative estimate of drug-likeness (QED) is 0.0564. The minimum absolute atomic E-state index is 0.00824. The topological polar surface area (TPSA) is 217 Å². The molecule has 2 N–H and O–H groups in total. The van der Waals surface area contributed by atoms with Crippen LogP contribution in [0.25, 0.3) is 0 Å². The molecule has 0 fully saturated rings. The fourth-order valence-corrected chi connectivity index (χ4v) is 5.32. The van der Waals surface area contributed by atoms with E-state index in [1.165, 1.54) is 28.1 Å². The molecule has 0 bridgehead atoms. The van der Waals surface area contributed by atoms with Gasteiger partial charge in [0.05, 0.1) is 26.4 Å². The Morgan fingerprint density at radius 2 is 1.00 bits per heavy atom. The third-order valence-electron chi connectivity index (χ3n) is 7.10. The number of halogens is 1. The third-order valence-corrected chi connectivity index (χ3v) is 9.92. The molecule has 0 spiro atoms. The maximum absolute atomic E-state index is 12.3. The highest BCUT2D eigenvalue weighted by Gasteiger charge is 2.37. The molecule has 54 heavy (non-hydrogen) atoms. The lowest BCUT2D eigenvalue weighted by Gasteiger charge is -2.24. The second-order valence-corrected chi connectivity index (χ2v) is 16.8. The number of esters is 2. The van der Waals surface area contributed by atoms with Crippen molar-refractivity contribution in [3.05, 3.63) is 70.8 Å². The van der Waals surface area contributed by atoms with Crippen molar-refractivity contribution in [2.75, 3.05) is 73.3 Å². The van der Waals surface area contributed by atoms with Crippen molar-refractivity contribution in [1.82, 2.24) is 0 Å². The molecule has 0 amide bonds. The lowest BCUT2D eigenvalue weighted by Crippen LogP contribution is -2.39. The molecule has 0 saturated carbocycles. The Hall–Kier alpha value is -3.65. The molecule has 16 nitrogen and oxygen atoms in total. The third kappa shape index (κ3) is 19.6. The van der Waals surface area contributed by atoms with Crippen LogP contribution in [0.4, 0.5) is 9.59 Å². The van der Waals surface area contributed by atoms with Crippen molar-refractivity contribution in [3.8, 4) is 0 Å². The van der Waals surface area contributed by atoms with E-state index >= 15 is 0 Å². The van der Waals surface area contributed by atoms with Crippen molar-refractivity contribution in [3.63, 3.8) is 0 Å². The fraction of sp³-hybridized carbons (Fsp3) is 0.543. The summed E-state index contributed by atoms with van der Waals surface area (Å²) in [5, 5.41) is 19.0. The van der Waals surface area contributed by atoms with E-state index in [-0.39, 0.29) is 46.2 Å². The van der Waals surface area contributed by atoms with Crippen LogP contribution in [-0.2, 0) is 81.2 Å². The van der Waals surface area contributed by atoms with Crippen LogP contribution >= 0.6 is 22.4 Å². The van der Waals surface area contributed by atoms with Crippen LogP contribution in [0, 0.1) is 10.8 Å². The smallest absolute Gasteiger partial charge is 0.460 e. The van der Waals surface area contributed by atoms with Gasteiger partial charge in [-0.3, -0.25) is 9.59 Å². The van der Waals surface area contributed by atoms with E-state index in [0.29, 0.717) is 17.2 Å². The summed E-state index contributed by atoms with van der Waals surface area (Å²) in [6.07, 6.45) is -0.773. The first-order valence-electron chi connectivity index (χ1n) is 16.2. The van der Waals surface area contributed by atoms with E-state index in [0.717, 1.165) is 33.7 Å². The number of benzene rings is 2. The molecule has 0 saturated heterocycles. The number of methoxy groups -OCH3 is 2. The van der Waals surface area contributed by atoms with Crippen molar-refractivity contribution in [1.29, 1.82) is 0 Å². The van der Waals surface area contributed by atoms with Crippen LogP contribution in [0.2, 0.25) is 0 Å². The molecule has 19 heteroatoms. The van der Waals surface area contributed by atoms with Gasteiger partial charge < -0.3 is 48.1 Å². The average molecular weight is 825 g/mol. The molecule has 0 aliphatic carbocycles. The molecule has 2 atom stereocenters. The van der Waals surface area contributed by atoms with E-state index in [1.807, 2.05) is 12.1 Å². The van der Waals surface area contributed by atoms with Gasteiger partial charge in [-0.05, 0) is 46.9 Å². The average Bonchev–Trinajstić information content (AvgIpc) is 3.17. The molecule has 2 unspecified atom stereocenters. The van der Waals surface area contributed by atoms with E-state index in [9.17, 15) is 37.8 Å². The van der Waals surface area contributed by atoms with E-state index in [1.54, 1.807) is 36.4 Å². The number of hydrogen-bond donors (Lipinski definition) is 2. The zero-order valence-corrected chi connectivity index (χ0v) is 33.3. The number of alkyl halides is 1. The number of carbonyl (C=O) groups excluding carboxylic acids is 4. The van der Waals surface area contributed by atoms with Gasteiger partial charge >= 0.3 is 24.2 Å². The maximum atomic E-state index is 12.3. The number of aliphatic hydroxyl groups excluding tert-OH is 2. The Morgan fingerprint density at radius 1 is 0.630 bits per heavy atom. The van der Waals surface area contributed by atoms with Crippen LogP contribution in [0.15, 0.2) is 48.5 Å². The van der Waals surface area contributed by atoms with E-state index in [4.69, 9.17) is 49.5 Å². The molecule has 0 radical (unpaired) electrons. The second-order valence-electron chi connectivity index (χ2n) is 12.1. The predicted molar refractivity (Wildman–Crippen MR) is 197 cm³/mol. The molecule has 0 aliphatic rings. The van der Waals surface area contributed by atoms with Gasteiger partial charge in [-0.2, -0.15) is 0 Å². The Morgan fingerprint density at radius 3 is 1.33 bits per heavy atom. The maximum Gasteiger partial charge on any atom is 0.508 e. The van der Waals surface area contributed by atoms with Gasteiger partial charge in [0.2, 0.25) is 0 Å². The largest absolute Gasteiger partial charge is 0.508 e. The summed E-state index contributed by atoms with van der Waals surface area (Å²) in [4.78, 5) is 47.4. The summed E-state index contributed by atoms with van der Waals surface area (Å²) in [5.41, 5.74) is 0.422. The summed E-state index contributed by atoms with van der Waals surface area (Å²) in [6.45, 7) is 1.43. The number of ether oxygens (including phenoxy) is 8. The highest BCUT2D eigenvalue weighted by atomic mass is 35.5. The van der Waals surface area contributed by atoms with Crippen molar-refractivity contribution < 1.29 is 75.7 Å². The number of hydrogen-bond acceptors (Lipinski definition) is 17. The van der Waals surface area contributed by atoms with Gasteiger partial charge in [0.25, 0.3) is 0 Å². The van der Waals surface area contributed by atoms with Crippen LogP contribution in [0.5, 0.6) is 0 Å². The van der Waals surface area contributed by atoms with Crippen molar-refractivity contribution >= 4 is 55.5 Å². The lowest BCUT2D eigenvalue weighted by molar-refractivity contribution is -0.163. The van der Waals surface area contributed by atoms with Gasteiger partial charge in [0.15, 0.2) is 8.87 Å². The monoisotopic (exact) mass is 824 g/mol. The first-order chi connectivity index (χ1) is 25.5. The van der Waals surface area contributed by atoms with Crippen molar-refractivity contribution in [2.45, 2.75) is 38.7 Å². The SMILES string of the molecule is COCCOC(=O)OCC(C)(CO)C(=O)OCc1ccc(CCl)cc1.COCCOC(=O)OCC(C)(CO)C(=O)OCc1ccc(CSS(C)(=O)=O)cc1. The Kier molecular flexibility index (Phi) is 22.8. The van der Waals surface area contributed by atoms with E-state index < -0.39 is 63.8 Å². The Bertz CT molecular complexity index is 1540. The number of aliphatic hydroxyl groups is 2. The highest BCUT2D eigenvalue weighted by Crippen LogP contribution is 2.22. The molecule has 0 heterocycles. The molecule has 0 aromatic heterocycles. The standard InChI is InChI=1S/C18H26O9S2.C17H23ClO7/c1-18(12-19,13-27-17(21)25-9-8-24-2)16(20)26-10-14-4-6-15(7-5-14)11-28-29(3,22)23;1-17(11-19,12-25-16(21)23-8-7-22-2)15(20)24-10-14-5-3-13(9-18)4-6-14/h4-7,19H,8-13H2,1-3H3;3-6,19H,7-12H2,1-2H3. The molecule has 0 aliphatic heterocycles. The normalized spacial score (nSPS) is 13.2. The van der Waals surface area contributed by atoms with Gasteiger partial charge in [0, 0.05) is 32.1 Å². The van der Waals surface area contributed by atoms with Crippen molar-refractivity contribution in [2.24, 2.45) is 10.8 Å². The zero-order chi connectivity index (χ0) is 40.6. The van der Waals surface area contributed by atoms with Crippen LogP contribution in [0.1, 0.15) is 36.1 Å². The second kappa shape index (κ2) is 25.4. The number of carbonyl (C=O) groups is 4. The van der Waals surface area contributed by atoms with Crippen LogP contribution in [-0.4, -0.2) is 116 Å². The van der Waals surface area contributed by atoms with Gasteiger partial charge in [-0.15, -0.1) is 11.6 Å². The van der Waals surface area contributed by atoms with Crippen LogP contribution in [0.3, 0.4) is 0 Å². The predicted octanol–water partition coefficient (Wildman–Crippen LogP) is 3.99. The lowest BCUT2D eigenvalue weighted by atomic mass is 9.93. The fourth-order valence-electron chi connectivity index (χ4n) is 3.55. The molecule has 2 aromatic carbocycles. The summed E-state index contributed by atoms with van der Waals surface area (Å²) in [6, 6.07) is 14.2. The zero-order valence-electron chi connectivity index (χ0n) is 30.9. The Balaban J connectivity index is 0.000000546. The van der Waals surface area contributed by atoms with Gasteiger partial charge in [-0.1, -0.05) is 48.5 Å². The van der Waals surface area contributed by atoms with E-state index in [2.05, 4.69) is 0 Å². The molecular weight excluding hydrogens is 776 g/mol. The van der Waals surface area contributed by atoms with Crippen LogP contribution < -0.4 is 0 Å². The highest BCUT2D eigenvalue weighted by molar-refractivity contribution is 8.71. The van der Waals surface area contributed by atoms with Gasteiger partial charge in [0.1, 0.15) is 50.5 Å². The van der Waals surface area contributed by atoms with Gasteiger partial charge in [-0.25, -0.2) is 18.0 Å². The summed E-state index contributed by atoms with van der Waals surface area (Å²) >= 11 is 5.71. The summed E-state index contributed by atoms with van der Waals surface area (Å²) in [5.74, 6) is -0.692. The Labute approximate surface area is 323 Å². The molecule has 2 aromatic rings. The first kappa shape index (κ1) is 48.4. The minimum atomic E-state index is -3.12. The molecular formula is C35H49ClO16S2. The number of rotatable bonds is 22. The molecule has 2 rings (SSSR count). The minimum Gasteiger partial charge on any atom is -0.460 e.